The predicted octanol–water partition coefficient (Wildman–Crippen LogP) is 4.88. The molecule has 3 unspecified atom stereocenters. The van der Waals surface area contributed by atoms with Crippen LogP contribution in [0, 0.1) is 5.92 Å². The summed E-state index contributed by atoms with van der Waals surface area (Å²) in [7, 11) is 0. The quantitative estimate of drug-likeness (QED) is 0.705. The molecule has 23 heavy (non-hydrogen) atoms. The van der Waals surface area contributed by atoms with E-state index in [9.17, 15) is 0 Å². The fourth-order valence-corrected chi connectivity index (χ4v) is 3.09. The number of hydrogen-bond donors (Lipinski definition) is 1. The second kappa shape index (κ2) is 6.09. The summed E-state index contributed by atoms with van der Waals surface area (Å²) >= 11 is 0. The summed E-state index contributed by atoms with van der Waals surface area (Å²) in [5.41, 5.74) is 1.19. The van der Waals surface area contributed by atoms with Gasteiger partial charge >= 0.3 is 0 Å². The van der Waals surface area contributed by atoms with Crippen molar-refractivity contribution < 1.29 is 8.83 Å². The van der Waals surface area contributed by atoms with Gasteiger partial charge < -0.3 is 8.83 Å². The minimum atomic E-state index is 0.0274. The molecule has 2 heterocycles. The lowest BCUT2D eigenvalue weighted by Gasteiger charge is -2.16. The standard InChI is InChI=1S/C20H21NO2/c1-14-12-17(14)18-10-9-16(23-18)13-21-20(19-8-5-11-22-19)15-6-3-2-4-7-15/h2-11,14,17,20-21H,12-13H2,1H3. The molecule has 1 fully saturated rings. The zero-order valence-electron chi connectivity index (χ0n) is 13.2. The zero-order valence-corrected chi connectivity index (χ0v) is 13.2. The summed E-state index contributed by atoms with van der Waals surface area (Å²) in [6.07, 6.45) is 2.96. The van der Waals surface area contributed by atoms with Gasteiger partial charge in [-0.1, -0.05) is 37.3 Å². The molecule has 0 amide bonds. The summed E-state index contributed by atoms with van der Waals surface area (Å²) in [5.74, 6) is 4.41. The van der Waals surface area contributed by atoms with Gasteiger partial charge in [0.05, 0.1) is 18.8 Å². The molecule has 3 atom stereocenters. The molecule has 1 aliphatic carbocycles. The van der Waals surface area contributed by atoms with Crippen molar-refractivity contribution in [1.29, 1.82) is 0 Å². The molecular formula is C20H21NO2. The van der Waals surface area contributed by atoms with Crippen LogP contribution >= 0.6 is 0 Å². The second-order valence-corrected chi connectivity index (χ2v) is 6.36. The van der Waals surface area contributed by atoms with Crippen LogP contribution in [0.15, 0.2) is 69.7 Å². The topological polar surface area (TPSA) is 38.3 Å². The summed E-state index contributed by atoms with van der Waals surface area (Å²) in [6.45, 7) is 2.95. The molecule has 3 aromatic rings. The highest BCUT2D eigenvalue weighted by Crippen LogP contribution is 2.47. The van der Waals surface area contributed by atoms with Gasteiger partial charge in [0.2, 0.25) is 0 Å². The van der Waals surface area contributed by atoms with Crippen molar-refractivity contribution >= 4 is 0 Å². The Kier molecular flexibility index (Phi) is 3.80. The maximum atomic E-state index is 5.99. The summed E-state index contributed by atoms with van der Waals surface area (Å²) in [4.78, 5) is 0. The van der Waals surface area contributed by atoms with Crippen LogP contribution in [0.3, 0.4) is 0 Å². The van der Waals surface area contributed by atoms with Crippen molar-refractivity contribution in [2.75, 3.05) is 0 Å². The summed E-state index contributed by atoms with van der Waals surface area (Å²) in [5, 5.41) is 3.55. The van der Waals surface area contributed by atoms with Crippen molar-refractivity contribution in [3.05, 3.63) is 83.7 Å². The minimum absolute atomic E-state index is 0.0274. The molecule has 3 heteroatoms. The van der Waals surface area contributed by atoms with Crippen molar-refractivity contribution in [3.8, 4) is 0 Å². The second-order valence-electron chi connectivity index (χ2n) is 6.36. The average Bonchev–Trinajstić information content (AvgIpc) is 3.01. The SMILES string of the molecule is CC1CC1c1ccc(CNC(c2ccccc2)c2ccco2)o1. The molecule has 0 aliphatic heterocycles. The molecule has 4 rings (SSSR count). The average molecular weight is 307 g/mol. The lowest BCUT2D eigenvalue weighted by molar-refractivity contribution is 0.407. The van der Waals surface area contributed by atoms with Gasteiger partial charge in [-0.05, 0) is 42.2 Å². The van der Waals surface area contributed by atoms with Crippen molar-refractivity contribution in [1.82, 2.24) is 5.32 Å². The predicted molar refractivity (Wildman–Crippen MR) is 89.1 cm³/mol. The van der Waals surface area contributed by atoms with E-state index >= 15 is 0 Å². The normalized spacial score (nSPS) is 21.3. The molecule has 1 N–H and O–H groups in total. The molecule has 1 aliphatic rings. The largest absolute Gasteiger partial charge is 0.467 e. The Balaban J connectivity index is 1.49. The highest BCUT2D eigenvalue weighted by atomic mass is 16.3. The van der Waals surface area contributed by atoms with Gasteiger partial charge in [-0.25, -0.2) is 0 Å². The van der Waals surface area contributed by atoms with E-state index in [2.05, 4.69) is 36.5 Å². The first-order valence-corrected chi connectivity index (χ1v) is 8.21. The Hall–Kier alpha value is -2.26. The number of nitrogens with one attached hydrogen (secondary N) is 1. The zero-order chi connectivity index (χ0) is 15.6. The van der Waals surface area contributed by atoms with E-state index in [-0.39, 0.29) is 6.04 Å². The molecule has 0 radical (unpaired) electrons. The fraction of sp³-hybridized carbons (Fsp3) is 0.300. The first kappa shape index (κ1) is 14.3. The Morgan fingerprint density at radius 3 is 2.61 bits per heavy atom. The Labute approximate surface area is 136 Å². The van der Waals surface area contributed by atoms with E-state index in [0.29, 0.717) is 12.5 Å². The number of rotatable bonds is 6. The summed E-state index contributed by atoms with van der Waals surface area (Å²) < 4.78 is 11.6. The van der Waals surface area contributed by atoms with Gasteiger partial charge in [0.1, 0.15) is 17.3 Å². The van der Waals surface area contributed by atoms with E-state index in [1.165, 1.54) is 12.0 Å². The van der Waals surface area contributed by atoms with E-state index in [4.69, 9.17) is 8.83 Å². The van der Waals surface area contributed by atoms with Crippen molar-refractivity contribution in [3.63, 3.8) is 0 Å². The molecular weight excluding hydrogens is 286 g/mol. The highest BCUT2D eigenvalue weighted by Gasteiger charge is 2.36. The minimum Gasteiger partial charge on any atom is -0.467 e. The highest BCUT2D eigenvalue weighted by molar-refractivity contribution is 5.26. The van der Waals surface area contributed by atoms with Gasteiger partial charge in [-0.2, -0.15) is 0 Å². The van der Waals surface area contributed by atoms with Gasteiger partial charge in [0.25, 0.3) is 0 Å². The van der Waals surface area contributed by atoms with E-state index in [1.54, 1.807) is 6.26 Å². The lowest BCUT2D eigenvalue weighted by atomic mass is 10.0. The van der Waals surface area contributed by atoms with Gasteiger partial charge in [0, 0.05) is 5.92 Å². The first-order chi connectivity index (χ1) is 11.3. The third-order valence-electron chi connectivity index (χ3n) is 4.60. The van der Waals surface area contributed by atoms with Crippen LogP contribution in [-0.4, -0.2) is 0 Å². The van der Waals surface area contributed by atoms with Crippen LogP contribution in [-0.2, 0) is 6.54 Å². The first-order valence-electron chi connectivity index (χ1n) is 8.21. The molecule has 1 aromatic carbocycles. The van der Waals surface area contributed by atoms with E-state index < -0.39 is 0 Å². The molecule has 0 spiro atoms. The van der Waals surface area contributed by atoms with Crippen LogP contribution in [0.1, 0.15) is 48.1 Å². The maximum Gasteiger partial charge on any atom is 0.125 e. The summed E-state index contributed by atoms with van der Waals surface area (Å²) in [6, 6.07) is 18.5. The monoisotopic (exact) mass is 307 g/mol. The maximum absolute atomic E-state index is 5.99. The molecule has 2 aromatic heterocycles. The van der Waals surface area contributed by atoms with Crippen LogP contribution in [0.2, 0.25) is 0 Å². The van der Waals surface area contributed by atoms with Crippen LogP contribution in [0.4, 0.5) is 0 Å². The van der Waals surface area contributed by atoms with E-state index in [1.807, 2.05) is 30.3 Å². The van der Waals surface area contributed by atoms with Gasteiger partial charge in [0.15, 0.2) is 0 Å². The molecule has 118 valence electrons. The molecule has 0 bridgehead atoms. The fourth-order valence-electron chi connectivity index (χ4n) is 3.09. The third-order valence-corrected chi connectivity index (χ3v) is 4.60. The van der Waals surface area contributed by atoms with Crippen molar-refractivity contribution in [2.45, 2.75) is 31.8 Å². The van der Waals surface area contributed by atoms with Crippen molar-refractivity contribution in [2.24, 2.45) is 5.92 Å². The van der Waals surface area contributed by atoms with Crippen LogP contribution < -0.4 is 5.32 Å². The van der Waals surface area contributed by atoms with Gasteiger partial charge in [-0.15, -0.1) is 0 Å². The van der Waals surface area contributed by atoms with Crippen LogP contribution in [0.25, 0.3) is 0 Å². The number of furan rings is 2. The third kappa shape index (κ3) is 3.10. The lowest BCUT2D eigenvalue weighted by Crippen LogP contribution is -2.21. The molecule has 3 nitrogen and oxygen atoms in total. The number of hydrogen-bond acceptors (Lipinski definition) is 3. The van der Waals surface area contributed by atoms with Gasteiger partial charge in [-0.3, -0.25) is 5.32 Å². The van der Waals surface area contributed by atoms with Crippen LogP contribution in [0.5, 0.6) is 0 Å². The smallest absolute Gasteiger partial charge is 0.125 e. The molecule has 0 saturated heterocycles. The Morgan fingerprint density at radius 2 is 1.91 bits per heavy atom. The Bertz CT molecular complexity index is 745. The number of benzene rings is 1. The molecule has 1 saturated carbocycles. The Morgan fingerprint density at radius 1 is 1.09 bits per heavy atom. The van der Waals surface area contributed by atoms with E-state index in [0.717, 1.165) is 23.2 Å².